The van der Waals surface area contributed by atoms with Crippen molar-refractivity contribution in [3.63, 3.8) is 0 Å². The van der Waals surface area contributed by atoms with E-state index < -0.39 is 5.60 Å². The summed E-state index contributed by atoms with van der Waals surface area (Å²) in [6.45, 7) is 5.68. The average molecular weight is 154 g/mol. The summed E-state index contributed by atoms with van der Waals surface area (Å²) >= 11 is 0. The summed E-state index contributed by atoms with van der Waals surface area (Å²) in [5, 5.41) is 9.80. The second-order valence-electron chi connectivity index (χ2n) is 3.10. The highest BCUT2D eigenvalue weighted by Gasteiger charge is 2.23. The zero-order chi connectivity index (χ0) is 8.48. The van der Waals surface area contributed by atoms with E-state index in [1.807, 2.05) is 13.8 Å². The number of hydrogen-bond acceptors (Lipinski definition) is 2. The monoisotopic (exact) mass is 154 g/mol. The fourth-order valence-electron chi connectivity index (χ4n) is 1.10. The van der Waals surface area contributed by atoms with Crippen LogP contribution >= 0.6 is 0 Å². The summed E-state index contributed by atoms with van der Waals surface area (Å²) < 4.78 is 4.97. The molecule has 0 spiro atoms. The van der Waals surface area contributed by atoms with Crippen molar-refractivity contribution in [2.75, 3.05) is 0 Å². The van der Waals surface area contributed by atoms with Gasteiger partial charge in [0.25, 0.3) is 0 Å². The summed E-state index contributed by atoms with van der Waals surface area (Å²) in [5.74, 6) is 0. The lowest BCUT2D eigenvalue weighted by Gasteiger charge is -2.20. The third-order valence-corrected chi connectivity index (χ3v) is 2.12. The average Bonchev–Trinajstić information content (AvgIpc) is 2.36. The third kappa shape index (κ3) is 1.46. The molecule has 0 aromatic carbocycles. The molecule has 1 rings (SSSR count). The number of furan rings is 1. The van der Waals surface area contributed by atoms with Gasteiger partial charge in [-0.25, -0.2) is 0 Å². The first-order chi connectivity index (χ1) is 5.08. The molecule has 0 aliphatic carbocycles. The molecule has 11 heavy (non-hydrogen) atoms. The summed E-state index contributed by atoms with van der Waals surface area (Å²) in [7, 11) is 0. The number of rotatable bonds is 2. The van der Waals surface area contributed by atoms with Gasteiger partial charge in [-0.05, 0) is 25.8 Å². The van der Waals surface area contributed by atoms with Gasteiger partial charge in [-0.3, -0.25) is 0 Å². The molecule has 0 radical (unpaired) electrons. The lowest BCUT2D eigenvalue weighted by Crippen LogP contribution is -2.19. The molecule has 0 aliphatic heterocycles. The lowest BCUT2D eigenvalue weighted by atomic mass is 9.93. The van der Waals surface area contributed by atoms with Crippen LogP contribution in [0.2, 0.25) is 0 Å². The van der Waals surface area contributed by atoms with Gasteiger partial charge in [-0.15, -0.1) is 0 Å². The van der Waals surface area contributed by atoms with Gasteiger partial charge in [-0.2, -0.15) is 0 Å². The quantitative estimate of drug-likeness (QED) is 0.708. The van der Waals surface area contributed by atoms with Gasteiger partial charge in [0.05, 0.1) is 18.1 Å². The van der Waals surface area contributed by atoms with E-state index in [1.165, 1.54) is 0 Å². The van der Waals surface area contributed by atoms with Crippen LogP contribution in [-0.4, -0.2) is 5.11 Å². The van der Waals surface area contributed by atoms with E-state index in [1.54, 1.807) is 19.5 Å². The van der Waals surface area contributed by atoms with Gasteiger partial charge in [-0.1, -0.05) is 6.92 Å². The van der Waals surface area contributed by atoms with Crippen molar-refractivity contribution >= 4 is 0 Å². The summed E-state index contributed by atoms with van der Waals surface area (Å²) in [5.41, 5.74) is 1.16. The predicted octanol–water partition coefficient (Wildman–Crippen LogP) is 2.21. The summed E-state index contributed by atoms with van der Waals surface area (Å²) in [4.78, 5) is 0. The van der Waals surface area contributed by atoms with Crippen LogP contribution in [0.25, 0.3) is 0 Å². The zero-order valence-electron chi connectivity index (χ0n) is 7.22. The lowest BCUT2D eigenvalue weighted by molar-refractivity contribution is 0.0519. The molecule has 2 heteroatoms. The second-order valence-corrected chi connectivity index (χ2v) is 3.10. The minimum absolute atomic E-state index is 0.702. The van der Waals surface area contributed by atoms with Gasteiger partial charge in [0.15, 0.2) is 0 Å². The van der Waals surface area contributed by atoms with E-state index in [2.05, 4.69) is 0 Å². The fourth-order valence-corrected chi connectivity index (χ4v) is 1.10. The molecule has 1 N–H and O–H groups in total. The molecule has 2 nitrogen and oxygen atoms in total. The number of aryl methyl sites for hydroxylation is 1. The van der Waals surface area contributed by atoms with Gasteiger partial charge >= 0.3 is 0 Å². The summed E-state index contributed by atoms with van der Waals surface area (Å²) in [6, 6.07) is 0. The van der Waals surface area contributed by atoms with Gasteiger partial charge in [0.2, 0.25) is 0 Å². The Morgan fingerprint density at radius 1 is 1.55 bits per heavy atom. The Morgan fingerprint density at radius 3 is 2.55 bits per heavy atom. The number of hydrogen-bond donors (Lipinski definition) is 1. The molecule has 0 bridgehead atoms. The standard InChI is InChI=1S/C9H14O2/c1-4-9(3,10)8-6-11-5-7(8)2/h5-6,10H,4H2,1-3H3. The van der Waals surface area contributed by atoms with Crippen LogP contribution < -0.4 is 0 Å². The van der Waals surface area contributed by atoms with Crippen LogP contribution in [-0.2, 0) is 5.60 Å². The van der Waals surface area contributed by atoms with Crippen molar-refractivity contribution in [3.8, 4) is 0 Å². The Morgan fingerprint density at radius 2 is 2.18 bits per heavy atom. The normalized spacial score (nSPS) is 16.4. The highest BCUT2D eigenvalue weighted by Crippen LogP contribution is 2.27. The second kappa shape index (κ2) is 2.70. The van der Waals surface area contributed by atoms with Crippen LogP contribution in [0.3, 0.4) is 0 Å². The molecule has 0 amide bonds. The van der Waals surface area contributed by atoms with Crippen LogP contribution in [0, 0.1) is 6.92 Å². The molecule has 1 heterocycles. The molecule has 1 aromatic heterocycles. The smallest absolute Gasteiger partial charge is 0.0966 e. The van der Waals surface area contributed by atoms with Gasteiger partial charge < -0.3 is 9.52 Å². The first-order valence-electron chi connectivity index (χ1n) is 3.83. The van der Waals surface area contributed by atoms with Crippen molar-refractivity contribution < 1.29 is 9.52 Å². The topological polar surface area (TPSA) is 33.4 Å². The van der Waals surface area contributed by atoms with Crippen molar-refractivity contribution in [1.82, 2.24) is 0 Å². The predicted molar refractivity (Wildman–Crippen MR) is 43.3 cm³/mol. The van der Waals surface area contributed by atoms with E-state index in [0.717, 1.165) is 11.1 Å². The maximum Gasteiger partial charge on any atom is 0.0966 e. The van der Waals surface area contributed by atoms with E-state index in [4.69, 9.17) is 4.42 Å². The number of aliphatic hydroxyl groups is 1. The molecule has 1 unspecified atom stereocenters. The molecule has 1 aromatic rings. The van der Waals surface area contributed by atoms with Gasteiger partial charge in [0, 0.05) is 5.56 Å². The molecule has 0 aliphatic rings. The Hall–Kier alpha value is -0.760. The van der Waals surface area contributed by atoms with E-state index >= 15 is 0 Å². The SMILES string of the molecule is CCC(C)(O)c1cocc1C. The Bertz CT molecular complexity index is 235. The third-order valence-electron chi connectivity index (χ3n) is 2.12. The van der Waals surface area contributed by atoms with Crippen LogP contribution in [0.15, 0.2) is 16.9 Å². The fraction of sp³-hybridized carbons (Fsp3) is 0.556. The zero-order valence-corrected chi connectivity index (χ0v) is 7.22. The van der Waals surface area contributed by atoms with Crippen molar-refractivity contribution in [2.24, 2.45) is 0 Å². The molecule has 0 saturated heterocycles. The molecule has 62 valence electrons. The maximum absolute atomic E-state index is 9.80. The van der Waals surface area contributed by atoms with Crippen LogP contribution in [0.1, 0.15) is 31.4 Å². The Balaban J connectivity index is 3.00. The molecular formula is C9H14O2. The van der Waals surface area contributed by atoms with Gasteiger partial charge in [0.1, 0.15) is 0 Å². The van der Waals surface area contributed by atoms with E-state index in [0.29, 0.717) is 6.42 Å². The molecule has 0 fully saturated rings. The van der Waals surface area contributed by atoms with Crippen LogP contribution in [0.5, 0.6) is 0 Å². The van der Waals surface area contributed by atoms with E-state index in [9.17, 15) is 5.11 Å². The Labute approximate surface area is 66.8 Å². The highest BCUT2D eigenvalue weighted by atomic mass is 16.3. The first-order valence-corrected chi connectivity index (χ1v) is 3.83. The maximum atomic E-state index is 9.80. The molecule has 0 saturated carbocycles. The van der Waals surface area contributed by atoms with Crippen molar-refractivity contribution in [3.05, 3.63) is 23.7 Å². The van der Waals surface area contributed by atoms with Crippen molar-refractivity contribution in [1.29, 1.82) is 0 Å². The van der Waals surface area contributed by atoms with Crippen molar-refractivity contribution in [2.45, 2.75) is 32.8 Å². The minimum Gasteiger partial charge on any atom is -0.472 e. The first kappa shape index (κ1) is 8.34. The highest BCUT2D eigenvalue weighted by molar-refractivity contribution is 5.25. The molecular weight excluding hydrogens is 140 g/mol. The van der Waals surface area contributed by atoms with E-state index in [-0.39, 0.29) is 0 Å². The molecule has 1 atom stereocenters. The summed E-state index contributed by atoms with van der Waals surface area (Å²) in [6.07, 6.45) is 3.96. The minimum atomic E-state index is -0.739. The van der Waals surface area contributed by atoms with Crippen LogP contribution in [0.4, 0.5) is 0 Å². The largest absolute Gasteiger partial charge is 0.472 e. The Kier molecular flexibility index (Phi) is 2.05.